The molecule has 0 aliphatic carbocycles. The van der Waals surface area contributed by atoms with Gasteiger partial charge in [0.05, 0.1) is 11.4 Å². The summed E-state index contributed by atoms with van der Waals surface area (Å²) in [5.74, 6) is 1.09. The van der Waals surface area contributed by atoms with Crippen LogP contribution < -0.4 is 0 Å². The Bertz CT molecular complexity index is 510. The molecule has 0 saturated heterocycles. The molecular weight excluding hydrogens is 244 g/mol. The molecule has 0 spiro atoms. The van der Waals surface area contributed by atoms with Crippen LogP contribution in [0.15, 0.2) is 58.8 Å². The van der Waals surface area contributed by atoms with Gasteiger partial charge in [-0.15, -0.1) is 0 Å². The van der Waals surface area contributed by atoms with Gasteiger partial charge in [0, 0.05) is 0 Å². The first-order chi connectivity index (χ1) is 9.56. The lowest BCUT2D eigenvalue weighted by Gasteiger charge is -2.05. The van der Waals surface area contributed by atoms with Crippen LogP contribution in [0.4, 0.5) is 11.4 Å². The van der Waals surface area contributed by atoms with Crippen molar-refractivity contribution in [2.75, 3.05) is 0 Å². The van der Waals surface area contributed by atoms with E-state index in [1.54, 1.807) is 0 Å². The van der Waals surface area contributed by atoms with Crippen molar-refractivity contribution in [3.63, 3.8) is 0 Å². The summed E-state index contributed by atoms with van der Waals surface area (Å²) in [6, 6.07) is 16.5. The van der Waals surface area contributed by atoms with Gasteiger partial charge in [0.1, 0.15) is 0 Å². The Balaban J connectivity index is 2.08. The van der Waals surface area contributed by atoms with Crippen molar-refractivity contribution in [2.45, 2.75) is 39.5 Å². The zero-order valence-corrected chi connectivity index (χ0v) is 12.7. The third kappa shape index (κ3) is 3.77. The van der Waals surface area contributed by atoms with E-state index in [4.69, 9.17) is 0 Å². The molecule has 0 fully saturated rings. The van der Waals surface area contributed by atoms with E-state index in [0.717, 1.165) is 11.4 Å². The molecule has 0 radical (unpaired) electrons. The molecule has 20 heavy (non-hydrogen) atoms. The predicted molar refractivity (Wildman–Crippen MR) is 85.2 cm³/mol. The molecule has 0 amide bonds. The molecule has 2 aromatic carbocycles. The highest BCUT2D eigenvalue weighted by molar-refractivity contribution is 5.42. The van der Waals surface area contributed by atoms with Crippen LogP contribution in [-0.2, 0) is 0 Å². The van der Waals surface area contributed by atoms with Crippen molar-refractivity contribution in [3.05, 3.63) is 59.7 Å². The smallest absolute Gasteiger partial charge is 0.0857 e. The van der Waals surface area contributed by atoms with Gasteiger partial charge in [-0.1, -0.05) is 52.0 Å². The van der Waals surface area contributed by atoms with Crippen LogP contribution in [-0.4, -0.2) is 0 Å². The van der Waals surface area contributed by atoms with E-state index < -0.39 is 0 Å². The van der Waals surface area contributed by atoms with Crippen LogP contribution in [0.2, 0.25) is 0 Å². The Labute approximate surface area is 121 Å². The highest BCUT2D eigenvalue weighted by atomic mass is 15.1. The summed E-state index contributed by atoms with van der Waals surface area (Å²) in [5, 5.41) is 8.55. The molecule has 0 aliphatic rings. The van der Waals surface area contributed by atoms with Gasteiger partial charge in [-0.05, 0) is 47.2 Å². The van der Waals surface area contributed by atoms with Crippen molar-refractivity contribution in [3.8, 4) is 0 Å². The van der Waals surface area contributed by atoms with E-state index in [-0.39, 0.29) is 0 Å². The van der Waals surface area contributed by atoms with Gasteiger partial charge in [0.25, 0.3) is 0 Å². The van der Waals surface area contributed by atoms with Gasteiger partial charge in [-0.3, -0.25) is 0 Å². The average molecular weight is 266 g/mol. The minimum atomic E-state index is 0.546. The van der Waals surface area contributed by atoms with Crippen LogP contribution in [0.3, 0.4) is 0 Å². The van der Waals surface area contributed by atoms with Crippen molar-refractivity contribution >= 4 is 11.4 Å². The van der Waals surface area contributed by atoms with Crippen molar-refractivity contribution in [1.29, 1.82) is 0 Å². The fraction of sp³-hybridized carbons (Fsp3) is 0.333. The molecule has 2 aromatic rings. The minimum Gasteiger partial charge on any atom is -0.151 e. The van der Waals surface area contributed by atoms with E-state index in [1.807, 2.05) is 24.3 Å². The molecule has 0 aromatic heterocycles. The molecule has 2 nitrogen and oxygen atoms in total. The van der Waals surface area contributed by atoms with Gasteiger partial charge in [0.15, 0.2) is 0 Å². The second-order valence-corrected chi connectivity index (χ2v) is 5.69. The quantitative estimate of drug-likeness (QED) is 0.576. The van der Waals surface area contributed by atoms with Crippen LogP contribution >= 0.6 is 0 Å². The maximum absolute atomic E-state index is 4.28. The molecule has 2 rings (SSSR count). The van der Waals surface area contributed by atoms with E-state index >= 15 is 0 Å². The highest BCUT2D eigenvalue weighted by Crippen LogP contribution is 2.23. The van der Waals surface area contributed by atoms with Crippen molar-refractivity contribution < 1.29 is 0 Å². The van der Waals surface area contributed by atoms with Gasteiger partial charge in [-0.2, -0.15) is 10.2 Å². The first-order valence-corrected chi connectivity index (χ1v) is 7.18. The molecule has 104 valence electrons. The second-order valence-electron chi connectivity index (χ2n) is 5.69. The normalized spacial score (nSPS) is 11.7. The molecule has 0 heterocycles. The third-order valence-electron chi connectivity index (χ3n) is 3.40. The summed E-state index contributed by atoms with van der Waals surface area (Å²) in [5.41, 5.74) is 4.43. The monoisotopic (exact) mass is 266 g/mol. The first kappa shape index (κ1) is 14.4. The van der Waals surface area contributed by atoms with Gasteiger partial charge in [0.2, 0.25) is 0 Å². The molecule has 0 saturated carbocycles. The van der Waals surface area contributed by atoms with Crippen LogP contribution in [0, 0.1) is 0 Å². The summed E-state index contributed by atoms with van der Waals surface area (Å²) in [6.07, 6.45) is 0. The number of hydrogen-bond acceptors (Lipinski definition) is 2. The zero-order valence-electron chi connectivity index (χ0n) is 12.7. The number of benzene rings is 2. The fourth-order valence-corrected chi connectivity index (χ4v) is 1.97. The maximum Gasteiger partial charge on any atom is 0.0857 e. The number of rotatable bonds is 4. The molecule has 2 heteroatoms. The van der Waals surface area contributed by atoms with E-state index in [0.29, 0.717) is 11.8 Å². The maximum atomic E-state index is 4.28. The molecule has 0 unspecified atom stereocenters. The average Bonchev–Trinajstić information content (AvgIpc) is 2.46. The zero-order chi connectivity index (χ0) is 14.5. The Morgan fingerprint density at radius 1 is 0.550 bits per heavy atom. The SMILES string of the molecule is CC(C)c1ccc(N=Nc2ccc(C(C)C)cc2)cc1. The van der Waals surface area contributed by atoms with Gasteiger partial charge < -0.3 is 0 Å². The fourth-order valence-electron chi connectivity index (χ4n) is 1.97. The summed E-state index contributed by atoms with van der Waals surface area (Å²) in [4.78, 5) is 0. The lowest BCUT2D eigenvalue weighted by Crippen LogP contribution is -1.84. The summed E-state index contributed by atoms with van der Waals surface area (Å²) < 4.78 is 0. The lowest BCUT2D eigenvalue weighted by atomic mass is 10.0. The topological polar surface area (TPSA) is 24.7 Å². The largest absolute Gasteiger partial charge is 0.151 e. The van der Waals surface area contributed by atoms with Crippen molar-refractivity contribution in [1.82, 2.24) is 0 Å². The van der Waals surface area contributed by atoms with E-state index in [2.05, 4.69) is 62.2 Å². The number of azo groups is 1. The molecule has 0 N–H and O–H groups in total. The Morgan fingerprint density at radius 2 is 0.850 bits per heavy atom. The van der Waals surface area contributed by atoms with Gasteiger partial charge in [-0.25, -0.2) is 0 Å². The Hall–Kier alpha value is -1.96. The van der Waals surface area contributed by atoms with Crippen LogP contribution in [0.1, 0.15) is 50.7 Å². The summed E-state index contributed by atoms with van der Waals surface area (Å²) >= 11 is 0. The Morgan fingerprint density at radius 3 is 1.10 bits per heavy atom. The molecule has 0 atom stereocenters. The molecular formula is C18H22N2. The highest BCUT2D eigenvalue weighted by Gasteiger charge is 1.99. The minimum absolute atomic E-state index is 0.546. The third-order valence-corrected chi connectivity index (χ3v) is 3.40. The predicted octanol–water partition coefficient (Wildman–Crippen LogP) is 6.35. The number of nitrogens with zero attached hydrogens (tertiary/aromatic N) is 2. The summed E-state index contributed by atoms with van der Waals surface area (Å²) in [6.45, 7) is 8.75. The second kappa shape index (κ2) is 6.47. The molecule has 0 bridgehead atoms. The van der Waals surface area contributed by atoms with E-state index in [1.165, 1.54) is 11.1 Å². The first-order valence-electron chi connectivity index (χ1n) is 7.18. The van der Waals surface area contributed by atoms with Crippen LogP contribution in [0.5, 0.6) is 0 Å². The van der Waals surface area contributed by atoms with Gasteiger partial charge >= 0.3 is 0 Å². The molecule has 0 aliphatic heterocycles. The summed E-state index contributed by atoms with van der Waals surface area (Å²) in [7, 11) is 0. The van der Waals surface area contributed by atoms with Crippen molar-refractivity contribution in [2.24, 2.45) is 10.2 Å². The number of hydrogen-bond donors (Lipinski definition) is 0. The standard InChI is InChI=1S/C18H22N2/c1-13(2)15-5-9-17(10-6-15)19-20-18-11-7-16(8-12-18)14(3)4/h5-14H,1-4H3. The lowest BCUT2D eigenvalue weighted by molar-refractivity contribution is 0.866. The van der Waals surface area contributed by atoms with E-state index in [9.17, 15) is 0 Å². The van der Waals surface area contributed by atoms with Crippen LogP contribution in [0.25, 0.3) is 0 Å². The Kier molecular flexibility index (Phi) is 4.67.